The van der Waals surface area contributed by atoms with Crippen molar-refractivity contribution in [2.75, 3.05) is 50.3 Å². The van der Waals surface area contributed by atoms with Crippen LogP contribution in [-0.4, -0.2) is 63.8 Å². The second-order valence-corrected chi connectivity index (χ2v) is 9.76. The van der Waals surface area contributed by atoms with Gasteiger partial charge in [0.2, 0.25) is 10.0 Å². The van der Waals surface area contributed by atoms with Crippen LogP contribution in [0.2, 0.25) is 0 Å². The first-order valence-corrected chi connectivity index (χ1v) is 12.2. The Balaban J connectivity index is 1.26. The van der Waals surface area contributed by atoms with Crippen LogP contribution in [0.3, 0.4) is 0 Å². The molecule has 0 saturated carbocycles. The van der Waals surface area contributed by atoms with Crippen molar-refractivity contribution in [2.24, 2.45) is 0 Å². The standard InChI is InChI=1S/C24H29N3O3S/c1-30-22-11-9-20(10-12-22)19-27-15-13-26(14-16-27)17-18-31(28,29)25-24-8-4-6-21-5-2-3-7-23(21)24/h2-12,25H,13-19H2,1H3. The van der Waals surface area contributed by atoms with E-state index >= 15 is 0 Å². The first-order valence-electron chi connectivity index (χ1n) is 10.6. The SMILES string of the molecule is COc1ccc(CN2CCN(CCS(=O)(=O)Nc3cccc4ccccc34)CC2)cc1. The third-order valence-electron chi connectivity index (χ3n) is 5.76. The molecule has 0 unspecified atom stereocenters. The Hall–Kier alpha value is -2.61. The number of anilines is 1. The summed E-state index contributed by atoms with van der Waals surface area (Å²) in [6.07, 6.45) is 0. The van der Waals surface area contributed by atoms with Crippen LogP contribution in [0.25, 0.3) is 10.8 Å². The molecule has 0 atom stereocenters. The number of ether oxygens (including phenoxy) is 1. The van der Waals surface area contributed by atoms with Crippen LogP contribution >= 0.6 is 0 Å². The average molecular weight is 440 g/mol. The molecule has 1 N–H and O–H groups in total. The Morgan fingerprint density at radius 3 is 2.29 bits per heavy atom. The lowest BCUT2D eigenvalue weighted by atomic mass is 10.1. The van der Waals surface area contributed by atoms with E-state index in [1.54, 1.807) is 7.11 Å². The number of benzene rings is 3. The summed E-state index contributed by atoms with van der Waals surface area (Å²) < 4.78 is 33.4. The lowest BCUT2D eigenvalue weighted by molar-refractivity contribution is 0.132. The lowest BCUT2D eigenvalue weighted by Gasteiger charge is -2.34. The Bertz CT molecular complexity index is 1100. The molecule has 164 valence electrons. The van der Waals surface area contributed by atoms with Gasteiger partial charge in [-0.15, -0.1) is 0 Å². The van der Waals surface area contributed by atoms with Gasteiger partial charge in [-0.05, 0) is 29.1 Å². The number of fused-ring (bicyclic) bond motifs is 1. The smallest absolute Gasteiger partial charge is 0.234 e. The third-order valence-corrected chi connectivity index (χ3v) is 7.01. The van der Waals surface area contributed by atoms with Crippen molar-refractivity contribution in [3.63, 3.8) is 0 Å². The second kappa shape index (κ2) is 9.68. The highest BCUT2D eigenvalue weighted by molar-refractivity contribution is 7.92. The number of nitrogens with zero attached hydrogens (tertiary/aromatic N) is 2. The Labute approximate surface area is 184 Å². The minimum absolute atomic E-state index is 0.0920. The van der Waals surface area contributed by atoms with E-state index in [2.05, 4.69) is 26.7 Å². The molecule has 31 heavy (non-hydrogen) atoms. The maximum atomic E-state index is 12.7. The van der Waals surface area contributed by atoms with Crippen molar-refractivity contribution >= 4 is 26.5 Å². The largest absolute Gasteiger partial charge is 0.497 e. The maximum absolute atomic E-state index is 12.7. The zero-order chi connectivity index (χ0) is 21.7. The zero-order valence-corrected chi connectivity index (χ0v) is 18.6. The molecule has 0 aliphatic carbocycles. The predicted molar refractivity (Wildman–Crippen MR) is 126 cm³/mol. The van der Waals surface area contributed by atoms with E-state index in [4.69, 9.17) is 4.74 Å². The molecular formula is C24H29N3O3S. The van der Waals surface area contributed by atoms with E-state index in [1.807, 2.05) is 54.6 Å². The molecule has 1 heterocycles. The molecule has 0 radical (unpaired) electrons. The topological polar surface area (TPSA) is 61.9 Å². The summed E-state index contributed by atoms with van der Waals surface area (Å²) in [6.45, 7) is 5.06. The molecule has 3 aromatic carbocycles. The zero-order valence-electron chi connectivity index (χ0n) is 17.8. The van der Waals surface area contributed by atoms with Crippen molar-refractivity contribution < 1.29 is 13.2 Å². The quantitative estimate of drug-likeness (QED) is 0.583. The van der Waals surface area contributed by atoms with Gasteiger partial charge in [-0.25, -0.2) is 8.42 Å². The first-order chi connectivity index (χ1) is 15.0. The Morgan fingerprint density at radius 1 is 0.871 bits per heavy atom. The highest BCUT2D eigenvalue weighted by Crippen LogP contribution is 2.24. The summed E-state index contributed by atoms with van der Waals surface area (Å²) >= 11 is 0. The van der Waals surface area contributed by atoms with Crippen molar-refractivity contribution in [2.45, 2.75) is 6.54 Å². The van der Waals surface area contributed by atoms with Crippen LogP contribution in [0.5, 0.6) is 5.75 Å². The van der Waals surface area contributed by atoms with Crippen LogP contribution < -0.4 is 9.46 Å². The summed E-state index contributed by atoms with van der Waals surface area (Å²) in [5.41, 5.74) is 1.90. The van der Waals surface area contributed by atoms with Gasteiger partial charge in [-0.2, -0.15) is 0 Å². The molecule has 1 aliphatic rings. The van der Waals surface area contributed by atoms with Crippen LogP contribution in [0.1, 0.15) is 5.56 Å². The van der Waals surface area contributed by atoms with E-state index in [0.29, 0.717) is 12.2 Å². The summed E-state index contributed by atoms with van der Waals surface area (Å²) in [5, 5.41) is 1.94. The van der Waals surface area contributed by atoms with E-state index in [-0.39, 0.29) is 5.75 Å². The van der Waals surface area contributed by atoms with Gasteiger partial charge in [0.15, 0.2) is 0 Å². The monoisotopic (exact) mass is 439 g/mol. The fourth-order valence-corrected chi connectivity index (χ4v) is 5.06. The van der Waals surface area contributed by atoms with Crippen LogP contribution in [-0.2, 0) is 16.6 Å². The summed E-state index contributed by atoms with van der Waals surface area (Å²) in [6, 6.07) is 21.6. The number of nitrogens with one attached hydrogen (secondary N) is 1. The normalized spacial score (nSPS) is 15.8. The number of hydrogen-bond donors (Lipinski definition) is 1. The maximum Gasteiger partial charge on any atom is 0.234 e. The van der Waals surface area contributed by atoms with Gasteiger partial charge in [-0.1, -0.05) is 48.5 Å². The number of methoxy groups -OCH3 is 1. The number of hydrogen-bond acceptors (Lipinski definition) is 5. The van der Waals surface area contributed by atoms with Crippen molar-refractivity contribution in [1.82, 2.24) is 9.80 Å². The molecule has 1 saturated heterocycles. The summed E-state index contributed by atoms with van der Waals surface area (Å²) in [5.74, 6) is 0.959. The van der Waals surface area contributed by atoms with Gasteiger partial charge >= 0.3 is 0 Å². The summed E-state index contributed by atoms with van der Waals surface area (Å²) in [4.78, 5) is 4.63. The molecule has 0 aromatic heterocycles. The average Bonchev–Trinajstić information content (AvgIpc) is 2.79. The van der Waals surface area contributed by atoms with Crippen LogP contribution in [0, 0.1) is 0 Å². The fourth-order valence-electron chi connectivity index (χ4n) is 3.94. The van der Waals surface area contributed by atoms with Gasteiger partial charge in [0.25, 0.3) is 0 Å². The molecule has 1 aliphatic heterocycles. The fraction of sp³-hybridized carbons (Fsp3) is 0.333. The molecule has 0 amide bonds. The lowest BCUT2D eigenvalue weighted by Crippen LogP contribution is -2.47. The number of piperazine rings is 1. The highest BCUT2D eigenvalue weighted by Gasteiger charge is 2.20. The van der Waals surface area contributed by atoms with E-state index in [0.717, 1.165) is 49.2 Å². The molecule has 0 spiro atoms. The van der Waals surface area contributed by atoms with Crippen molar-refractivity contribution in [1.29, 1.82) is 0 Å². The Morgan fingerprint density at radius 2 is 1.55 bits per heavy atom. The van der Waals surface area contributed by atoms with Crippen molar-refractivity contribution in [3.8, 4) is 5.75 Å². The van der Waals surface area contributed by atoms with E-state index in [9.17, 15) is 8.42 Å². The molecule has 3 aromatic rings. The Kier molecular flexibility index (Phi) is 6.75. The van der Waals surface area contributed by atoms with E-state index in [1.165, 1.54) is 5.56 Å². The van der Waals surface area contributed by atoms with E-state index < -0.39 is 10.0 Å². The second-order valence-electron chi connectivity index (χ2n) is 7.91. The van der Waals surface area contributed by atoms with Gasteiger partial charge in [0.05, 0.1) is 18.6 Å². The predicted octanol–water partition coefficient (Wildman–Crippen LogP) is 3.41. The number of rotatable bonds is 8. The minimum atomic E-state index is -3.41. The molecular weight excluding hydrogens is 410 g/mol. The van der Waals surface area contributed by atoms with Gasteiger partial charge in [0.1, 0.15) is 5.75 Å². The van der Waals surface area contributed by atoms with Gasteiger partial charge in [-0.3, -0.25) is 14.5 Å². The van der Waals surface area contributed by atoms with Gasteiger partial charge < -0.3 is 4.74 Å². The summed E-state index contributed by atoms with van der Waals surface area (Å²) in [7, 11) is -1.74. The van der Waals surface area contributed by atoms with Crippen LogP contribution in [0.15, 0.2) is 66.7 Å². The number of sulfonamides is 1. The molecule has 1 fully saturated rings. The van der Waals surface area contributed by atoms with Crippen molar-refractivity contribution in [3.05, 3.63) is 72.3 Å². The molecule has 6 nitrogen and oxygen atoms in total. The third kappa shape index (κ3) is 5.76. The first kappa shape index (κ1) is 21.6. The molecule has 4 rings (SSSR count). The minimum Gasteiger partial charge on any atom is -0.497 e. The highest BCUT2D eigenvalue weighted by atomic mass is 32.2. The molecule has 0 bridgehead atoms. The molecule has 7 heteroatoms. The van der Waals surface area contributed by atoms with Crippen LogP contribution in [0.4, 0.5) is 5.69 Å². The van der Waals surface area contributed by atoms with Gasteiger partial charge in [0, 0.05) is 44.7 Å².